The molecule has 4 atom stereocenters. The molecular weight excluding hydrogens is 523 g/mol. The summed E-state index contributed by atoms with van der Waals surface area (Å²) in [6, 6.07) is 41.0. The summed E-state index contributed by atoms with van der Waals surface area (Å²) in [4.78, 5) is 0. The van der Waals surface area contributed by atoms with Crippen molar-refractivity contribution in [3.8, 4) is 0 Å². The number of ether oxygens (including phenoxy) is 2. The van der Waals surface area contributed by atoms with Gasteiger partial charge in [0.1, 0.15) is 23.4 Å². The van der Waals surface area contributed by atoms with Crippen LogP contribution in [0.15, 0.2) is 133 Å². The van der Waals surface area contributed by atoms with Gasteiger partial charge in [-0.1, -0.05) is 133 Å². The summed E-state index contributed by atoms with van der Waals surface area (Å²) in [5.74, 6) is 0.430. The van der Waals surface area contributed by atoms with E-state index in [4.69, 9.17) is 18.8 Å². The van der Waals surface area contributed by atoms with E-state index < -0.39 is 30.5 Å². The molecule has 1 heterocycles. The lowest BCUT2D eigenvalue weighted by molar-refractivity contribution is -0.136. The first-order valence-corrected chi connectivity index (χ1v) is 14.6. The van der Waals surface area contributed by atoms with Gasteiger partial charge in [-0.2, -0.15) is 0 Å². The minimum absolute atomic E-state index is 0.0183. The fourth-order valence-electron chi connectivity index (χ4n) is 6.73. The van der Waals surface area contributed by atoms with E-state index in [1.54, 1.807) is 20.3 Å². The van der Waals surface area contributed by atoms with Crippen molar-refractivity contribution in [3.05, 3.63) is 156 Å². The van der Waals surface area contributed by atoms with Crippen LogP contribution in [-0.4, -0.2) is 45.3 Å². The average Bonchev–Trinajstić information content (AvgIpc) is 3.72. The van der Waals surface area contributed by atoms with E-state index in [0.29, 0.717) is 0 Å². The average molecular weight is 560 g/mol. The first-order chi connectivity index (χ1) is 20.7. The summed E-state index contributed by atoms with van der Waals surface area (Å²) in [5.41, 5.74) is 1.85. The number of benzene rings is 4. The number of aliphatic hydroxyl groups excluding tert-OH is 1. The van der Waals surface area contributed by atoms with Gasteiger partial charge in [-0.05, 0) is 34.6 Å². The molecule has 0 amide bonds. The van der Waals surface area contributed by atoms with Gasteiger partial charge in [-0.15, -0.1) is 0 Å². The Morgan fingerprint density at radius 1 is 0.667 bits per heavy atom. The van der Waals surface area contributed by atoms with Crippen molar-refractivity contribution >= 4 is 7.12 Å². The summed E-state index contributed by atoms with van der Waals surface area (Å²) in [7, 11) is 3.01. The maximum Gasteiger partial charge on any atom is 0.461 e. The highest BCUT2D eigenvalue weighted by Crippen LogP contribution is 2.56. The fourth-order valence-corrected chi connectivity index (χ4v) is 6.73. The third-order valence-corrected chi connectivity index (χ3v) is 8.82. The smallest absolute Gasteiger partial charge is 0.402 e. The highest BCUT2D eigenvalue weighted by Gasteiger charge is 2.65. The zero-order valence-electron chi connectivity index (χ0n) is 24.1. The summed E-state index contributed by atoms with van der Waals surface area (Å²) in [6.07, 6.45) is 3.60. The molecule has 2 aliphatic rings. The number of aliphatic hydroxyl groups is 1. The molecule has 42 heavy (non-hydrogen) atoms. The van der Waals surface area contributed by atoms with Crippen LogP contribution < -0.4 is 0 Å². The summed E-state index contributed by atoms with van der Waals surface area (Å²) in [5, 5.41) is 9.38. The quantitative estimate of drug-likeness (QED) is 0.171. The van der Waals surface area contributed by atoms with E-state index in [-0.39, 0.29) is 18.3 Å². The first kappa shape index (κ1) is 28.6. The molecule has 2 fully saturated rings. The van der Waals surface area contributed by atoms with Gasteiger partial charge in [-0.25, -0.2) is 0 Å². The predicted molar refractivity (Wildman–Crippen MR) is 165 cm³/mol. The molecule has 0 radical (unpaired) electrons. The predicted octanol–water partition coefficient (Wildman–Crippen LogP) is 6.38. The van der Waals surface area contributed by atoms with E-state index >= 15 is 0 Å². The van der Waals surface area contributed by atoms with Crippen LogP contribution >= 0.6 is 0 Å². The largest absolute Gasteiger partial charge is 0.461 e. The maximum atomic E-state index is 9.38. The summed E-state index contributed by atoms with van der Waals surface area (Å²) < 4.78 is 27.5. The minimum atomic E-state index is -1.01. The van der Waals surface area contributed by atoms with E-state index in [0.717, 1.165) is 28.7 Å². The molecule has 5 nitrogen and oxygen atoms in total. The molecule has 4 aromatic carbocycles. The molecule has 1 N–H and O–H groups in total. The highest BCUT2D eigenvalue weighted by molar-refractivity contribution is 6.48. The van der Waals surface area contributed by atoms with Gasteiger partial charge >= 0.3 is 7.12 Å². The molecule has 0 spiro atoms. The molecule has 1 saturated heterocycles. The van der Waals surface area contributed by atoms with E-state index in [9.17, 15) is 5.11 Å². The van der Waals surface area contributed by atoms with Crippen LogP contribution in [0.1, 0.15) is 28.7 Å². The number of hydrogen-bond donors (Lipinski definition) is 1. The summed E-state index contributed by atoms with van der Waals surface area (Å²) in [6.45, 7) is 0.0183. The molecule has 1 aliphatic carbocycles. The van der Waals surface area contributed by atoms with Crippen molar-refractivity contribution in [2.45, 2.75) is 35.6 Å². The van der Waals surface area contributed by atoms with Crippen LogP contribution in [0, 0.1) is 5.92 Å². The van der Waals surface area contributed by atoms with Gasteiger partial charge in [-0.3, -0.25) is 0 Å². The van der Waals surface area contributed by atoms with Crippen molar-refractivity contribution < 1.29 is 23.9 Å². The van der Waals surface area contributed by atoms with Gasteiger partial charge < -0.3 is 23.9 Å². The maximum absolute atomic E-state index is 9.38. The second-order valence-electron chi connectivity index (χ2n) is 11.0. The van der Waals surface area contributed by atoms with Gasteiger partial charge in [0.05, 0.1) is 6.61 Å². The van der Waals surface area contributed by atoms with Crippen LogP contribution in [-0.2, 0) is 30.0 Å². The zero-order chi connectivity index (χ0) is 29.0. The Morgan fingerprint density at radius 3 is 1.33 bits per heavy atom. The van der Waals surface area contributed by atoms with Crippen molar-refractivity contribution in [1.82, 2.24) is 0 Å². The second kappa shape index (κ2) is 12.4. The molecular formula is C36H37BO5. The Bertz CT molecular complexity index is 1270. The number of hydrogen-bond acceptors (Lipinski definition) is 5. The topological polar surface area (TPSA) is 57.2 Å². The van der Waals surface area contributed by atoms with Crippen molar-refractivity contribution in [3.63, 3.8) is 0 Å². The van der Waals surface area contributed by atoms with E-state index in [1.807, 2.05) is 72.8 Å². The van der Waals surface area contributed by atoms with Gasteiger partial charge in [0.25, 0.3) is 0 Å². The third kappa shape index (κ3) is 4.93. The van der Waals surface area contributed by atoms with Gasteiger partial charge in [0, 0.05) is 20.0 Å². The van der Waals surface area contributed by atoms with Gasteiger partial charge in [0.2, 0.25) is 0 Å². The second-order valence-corrected chi connectivity index (χ2v) is 11.0. The standard InChI is InChI=1S/C36H37BO5/c1-39-35(28-17-7-3-8-18-28,29-19-9-4-10-20-29)33-34(42-37(41-33)32-26-27(32)16-15-25-38)36(40-2,30-21-11-5-12-22-30)31-23-13-6-14-24-31/h3-24,27,32-34,38H,25-26H2,1-2H3/b16-15+/t27-,32-,33-,34-/m1/s1. The molecule has 214 valence electrons. The fraction of sp³-hybridized carbons (Fsp3) is 0.278. The molecule has 0 bridgehead atoms. The van der Waals surface area contributed by atoms with Crippen LogP contribution in [0.2, 0.25) is 5.82 Å². The Balaban J connectivity index is 1.58. The van der Waals surface area contributed by atoms with Crippen LogP contribution in [0.5, 0.6) is 0 Å². The number of allylic oxidation sites excluding steroid dienone is 1. The molecule has 1 aliphatic heterocycles. The third-order valence-electron chi connectivity index (χ3n) is 8.82. The Hall–Kier alpha value is -3.52. The Labute approximate surface area is 248 Å². The lowest BCUT2D eigenvalue weighted by atomic mass is 9.71. The first-order valence-electron chi connectivity index (χ1n) is 14.6. The lowest BCUT2D eigenvalue weighted by Crippen LogP contribution is -2.56. The van der Waals surface area contributed by atoms with Crippen LogP contribution in [0.4, 0.5) is 0 Å². The van der Waals surface area contributed by atoms with Crippen molar-refractivity contribution in [2.24, 2.45) is 5.92 Å². The SMILES string of the molecule is COC(c1ccccc1)(c1ccccc1)[C@@H]1OB([C@@H]2C[C@H]2/C=C/CO)O[C@H]1C(OC)(c1ccccc1)c1ccccc1. The minimum Gasteiger partial charge on any atom is -0.402 e. The van der Waals surface area contributed by atoms with Gasteiger partial charge in [0.15, 0.2) is 0 Å². The molecule has 6 heteroatoms. The van der Waals surface area contributed by atoms with Crippen LogP contribution in [0.3, 0.4) is 0 Å². The van der Waals surface area contributed by atoms with Crippen molar-refractivity contribution in [2.75, 3.05) is 20.8 Å². The zero-order valence-corrected chi connectivity index (χ0v) is 24.1. The highest BCUT2D eigenvalue weighted by atomic mass is 16.7. The van der Waals surface area contributed by atoms with E-state index in [2.05, 4.69) is 54.6 Å². The molecule has 0 aromatic heterocycles. The van der Waals surface area contributed by atoms with Crippen molar-refractivity contribution in [1.29, 1.82) is 0 Å². The monoisotopic (exact) mass is 560 g/mol. The number of rotatable bonds is 11. The van der Waals surface area contributed by atoms with E-state index in [1.165, 1.54) is 0 Å². The summed E-state index contributed by atoms with van der Waals surface area (Å²) >= 11 is 0. The molecule has 1 saturated carbocycles. The normalized spacial score (nSPS) is 22.5. The molecule has 4 aromatic rings. The lowest BCUT2D eigenvalue weighted by Gasteiger charge is -2.47. The molecule has 6 rings (SSSR count). The Morgan fingerprint density at radius 2 is 1.02 bits per heavy atom. The number of methoxy groups -OCH3 is 2. The molecule has 0 unspecified atom stereocenters. The van der Waals surface area contributed by atoms with Crippen LogP contribution in [0.25, 0.3) is 0 Å². The Kier molecular flexibility index (Phi) is 8.43.